The summed E-state index contributed by atoms with van der Waals surface area (Å²) in [6.45, 7) is 0. The smallest absolute Gasteiger partial charge is 0.216 e. The summed E-state index contributed by atoms with van der Waals surface area (Å²) in [5.74, 6) is -5.14. The number of carbonyl (C=O) groups is 2. The molecule has 0 aliphatic heterocycles. The zero-order valence-corrected chi connectivity index (χ0v) is 15.4. The van der Waals surface area contributed by atoms with E-state index in [0.717, 1.165) is 41.1 Å². The summed E-state index contributed by atoms with van der Waals surface area (Å²) in [5, 5.41) is 7.36. The van der Waals surface area contributed by atoms with E-state index in [1.807, 2.05) is 0 Å². The zero-order chi connectivity index (χ0) is 21.9. The van der Waals surface area contributed by atoms with Gasteiger partial charge < -0.3 is 0 Å². The summed E-state index contributed by atoms with van der Waals surface area (Å²) in [4.78, 5) is 25.5. The summed E-state index contributed by atoms with van der Waals surface area (Å²) in [6.07, 6.45) is 0. The number of hydrogen-bond donors (Lipinski definition) is 0. The molecular formula is C22H9F4N3O2. The summed E-state index contributed by atoms with van der Waals surface area (Å²) in [7, 11) is 0. The first-order chi connectivity index (χ1) is 14.9. The van der Waals surface area contributed by atoms with E-state index in [-0.39, 0.29) is 33.8 Å². The number of hydrogen-bond acceptors (Lipinski definition) is 4. The molecule has 9 heteroatoms. The monoisotopic (exact) mass is 423 g/mol. The molecule has 0 spiro atoms. The summed E-state index contributed by atoms with van der Waals surface area (Å²) in [6, 6.07) is 9.92. The molecule has 0 amide bonds. The Morgan fingerprint density at radius 1 is 0.710 bits per heavy atom. The molecule has 152 valence electrons. The third kappa shape index (κ3) is 2.77. The topological polar surface area (TPSA) is 64.8 Å². The molecule has 0 unspecified atom stereocenters. The molecule has 4 aromatic rings. The van der Waals surface area contributed by atoms with E-state index in [4.69, 9.17) is 0 Å². The second-order valence-corrected chi connectivity index (χ2v) is 6.81. The van der Waals surface area contributed by atoms with Gasteiger partial charge >= 0.3 is 0 Å². The number of fused-ring (bicyclic) bond motifs is 2. The zero-order valence-electron chi connectivity index (χ0n) is 15.4. The van der Waals surface area contributed by atoms with Crippen molar-refractivity contribution in [3.8, 4) is 16.8 Å². The molecule has 5 nitrogen and oxygen atoms in total. The number of rotatable bonds is 2. The molecule has 0 radical (unpaired) electrons. The molecule has 0 saturated carbocycles. The van der Waals surface area contributed by atoms with E-state index in [1.54, 1.807) is 0 Å². The fourth-order valence-electron chi connectivity index (χ4n) is 3.58. The standard InChI is InChI=1S/C22H9F4N3O2/c23-10-5-6-12-14(7-10)21(30)19-20(22(12)31)29(28-27-19)11-8-16(25)18(17(26)9-11)13-3-1-2-4-15(13)24/h1-9H. The maximum atomic E-state index is 14.8. The van der Waals surface area contributed by atoms with Gasteiger partial charge in [0, 0.05) is 28.8 Å². The van der Waals surface area contributed by atoms with Gasteiger partial charge in [-0.15, -0.1) is 5.10 Å². The third-order valence-corrected chi connectivity index (χ3v) is 4.99. The average molecular weight is 423 g/mol. The average Bonchev–Trinajstić information content (AvgIpc) is 3.18. The van der Waals surface area contributed by atoms with E-state index in [9.17, 15) is 27.2 Å². The molecule has 1 aliphatic rings. The van der Waals surface area contributed by atoms with Crippen molar-refractivity contribution in [1.82, 2.24) is 15.0 Å². The lowest BCUT2D eigenvalue weighted by Gasteiger charge is -2.15. The lowest BCUT2D eigenvalue weighted by molar-refractivity contribution is 0.0972. The Hall–Kier alpha value is -4.14. The number of carbonyl (C=O) groups excluding carboxylic acids is 2. The Kier molecular flexibility index (Phi) is 4.07. The highest BCUT2D eigenvalue weighted by Crippen LogP contribution is 2.32. The number of benzene rings is 3. The maximum absolute atomic E-state index is 14.8. The molecule has 0 bridgehead atoms. The number of nitrogens with zero attached hydrogens (tertiary/aromatic N) is 3. The molecule has 0 atom stereocenters. The summed E-state index contributed by atoms with van der Waals surface area (Å²) in [5.41, 5.74) is -1.99. The highest BCUT2D eigenvalue weighted by Gasteiger charge is 2.36. The largest absolute Gasteiger partial charge is 0.287 e. The normalized spacial score (nSPS) is 12.6. The van der Waals surface area contributed by atoms with Crippen LogP contribution in [0.25, 0.3) is 16.8 Å². The van der Waals surface area contributed by atoms with Crippen LogP contribution >= 0.6 is 0 Å². The van der Waals surface area contributed by atoms with Gasteiger partial charge in [0.2, 0.25) is 11.6 Å². The Balaban J connectivity index is 1.67. The molecule has 1 aromatic heterocycles. The molecule has 3 aromatic carbocycles. The van der Waals surface area contributed by atoms with Gasteiger partial charge in [-0.25, -0.2) is 22.2 Å². The number of aromatic nitrogens is 3. The van der Waals surface area contributed by atoms with Crippen molar-refractivity contribution < 1.29 is 27.2 Å². The van der Waals surface area contributed by atoms with Gasteiger partial charge in [0.15, 0.2) is 5.69 Å². The van der Waals surface area contributed by atoms with E-state index in [2.05, 4.69) is 10.3 Å². The Labute approximate surface area is 171 Å². The predicted octanol–water partition coefficient (Wildman–Crippen LogP) is 4.27. The molecule has 0 fully saturated rings. The van der Waals surface area contributed by atoms with Crippen molar-refractivity contribution in [2.75, 3.05) is 0 Å². The number of ketones is 2. The minimum atomic E-state index is -1.10. The van der Waals surface area contributed by atoms with Crippen LogP contribution in [0, 0.1) is 23.3 Å². The van der Waals surface area contributed by atoms with Gasteiger partial charge in [-0.1, -0.05) is 23.4 Å². The Bertz CT molecular complexity index is 1410. The molecule has 0 N–H and O–H groups in total. The second kappa shape index (κ2) is 6.69. The van der Waals surface area contributed by atoms with E-state index in [1.165, 1.54) is 18.2 Å². The first-order valence-corrected chi connectivity index (χ1v) is 8.96. The maximum Gasteiger partial charge on any atom is 0.216 e. The van der Waals surface area contributed by atoms with Crippen molar-refractivity contribution >= 4 is 11.6 Å². The van der Waals surface area contributed by atoms with E-state index < -0.39 is 40.4 Å². The highest BCUT2D eigenvalue weighted by molar-refractivity contribution is 6.27. The highest BCUT2D eigenvalue weighted by atomic mass is 19.1. The van der Waals surface area contributed by atoms with Crippen LogP contribution in [0.4, 0.5) is 17.6 Å². The lowest BCUT2D eigenvalue weighted by atomic mass is 9.90. The SMILES string of the molecule is O=C1c2cc(F)ccc2C(=O)c2c1nnn2-c1cc(F)c(-c2ccccc2F)c(F)c1. The first-order valence-electron chi connectivity index (χ1n) is 8.96. The van der Waals surface area contributed by atoms with E-state index in [0.29, 0.717) is 0 Å². The van der Waals surface area contributed by atoms with Gasteiger partial charge in [-0.2, -0.15) is 0 Å². The van der Waals surface area contributed by atoms with Crippen molar-refractivity contribution in [3.05, 3.63) is 100 Å². The van der Waals surface area contributed by atoms with Crippen LogP contribution in [0.5, 0.6) is 0 Å². The van der Waals surface area contributed by atoms with Crippen LogP contribution < -0.4 is 0 Å². The van der Waals surface area contributed by atoms with Crippen LogP contribution in [0.15, 0.2) is 54.6 Å². The van der Waals surface area contributed by atoms with Crippen molar-refractivity contribution in [2.45, 2.75) is 0 Å². The van der Waals surface area contributed by atoms with Gasteiger partial charge in [-0.05, 0) is 24.3 Å². The van der Waals surface area contributed by atoms with Gasteiger partial charge in [0.25, 0.3) is 0 Å². The van der Waals surface area contributed by atoms with Crippen molar-refractivity contribution in [2.24, 2.45) is 0 Å². The molecule has 0 saturated heterocycles. The van der Waals surface area contributed by atoms with Crippen LogP contribution in [0.2, 0.25) is 0 Å². The van der Waals surface area contributed by atoms with Crippen LogP contribution in [-0.2, 0) is 0 Å². The Morgan fingerprint density at radius 2 is 1.42 bits per heavy atom. The van der Waals surface area contributed by atoms with Crippen molar-refractivity contribution in [3.63, 3.8) is 0 Å². The molecule has 31 heavy (non-hydrogen) atoms. The minimum absolute atomic E-state index is 0.0774. The molecule has 5 rings (SSSR count). The quantitative estimate of drug-likeness (QED) is 0.398. The third-order valence-electron chi connectivity index (χ3n) is 4.99. The summed E-state index contributed by atoms with van der Waals surface area (Å²) >= 11 is 0. The minimum Gasteiger partial charge on any atom is -0.287 e. The summed E-state index contributed by atoms with van der Waals surface area (Å²) < 4.78 is 58.0. The van der Waals surface area contributed by atoms with Crippen LogP contribution in [0.1, 0.15) is 32.1 Å². The van der Waals surface area contributed by atoms with Crippen LogP contribution in [-0.4, -0.2) is 26.6 Å². The number of halogens is 4. The molecule has 1 heterocycles. The predicted molar refractivity (Wildman–Crippen MR) is 99.9 cm³/mol. The first kappa shape index (κ1) is 18.9. The fourth-order valence-corrected chi connectivity index (χ4v) is 3.58. The van der Waals surface area contributed by atoms with E-state index >= 15 is 0 Å². The van der Waals surface area contributed by atoms with Gasteiger partial charge in [-0.3, -0.25) is 9.59 Å². The Morgan fingerprint density at radius 3 is 2.13 bits per heavy atom. The second-order valence-electron chi connectivity index (χ2n) is 6.81. The van der Waals surface area contributed by atoms with Gasteiger partial charge in [0.1, 0.15) is 29.0 Å². The molecule has 1 aliphatic carbocycles. The van der Waals surface area contributed by atoms with Crippen molar-refractivity contribution in [1.29, 1.82) is 0 Å². The van der Waals surface area contributed by atoms with Crippen LogP contribution in [0.3, 0.4) is 0 Å². The lowest BCUT2D eigenvalue weighted by Crippen LogP contribution is -2.23. The van der Waals surface area contributed by atoms with Gasteiger partial charge in [0.05, 0.1) is 11.3 Å². The molecular weight excluding hydrogens is 414 g/mol. The fraction of sp³-hybridized carbons (Fsp3) is 0.